The summed E-state index contributed by atoms with van der Waals surface area (Å²) < 4.78 is 0. The number of aromatic nitrogens is 1. The van der Waals surface area contributed by atoms with Gasteiger partial charge in [0.05, 0.1) is 10.7 Å². The minimum Gasteiger partial charge on any atom is -0.241 e. The van der Waals surface area contributed by atoms with Gasteiger partial charge in [0, 0.05) is 17.4 Å². The predicted molar refractivity (Wildman–Crippen MR) is 81.5 cm³/mol. The number of rotatable bonds is 3. The largest absolute Gasteiger partial charge is 0.241 e. The maximum absolute atomic E-state index is 4.74. The highest BCUT2D eigenvalue weighted by Gasteiger charge is 2.06. The Labute approximate surface area is 117 Å². The maximum Gasteiger partial charge on any atom is 0.0976 e. The summed E-state index contributed by atoms with van der Waals surface area (Å²) in [6.07, 6.45) is 0.921. The fraction of sp³-hybridized carbons (Fsp3) is 0.118. The van der Waals surface area contributed by atoms with Crippen LogP contribution in [0.3, 0.4) is 0 Å². The number of nitrogens with zero attached hydrogens (tertiary/aromatic N) is 1. The molecule has 0 atom stereocenters. The fourth-order valence-corrected chi connectivity index (χ4v) is 2.93. The molecule has 1 aromatic heterocycles. The third-order valence-corrected chi connectivity index (χ3v) is 4.07. The van der Waals surface area contributed by atoms with Gasteiger partial charge in [0.15, 0.2) is 0 Å². The fourth-order valence-electron chi connectivity index (χ4n) is 2.10. The first-order chi connectivity index (χ1) is 9.33. The molecule has 3 aromatic rings. The van der Waals surface area contributed by atoms with E-state index in [4.69, 9.17) is 4.98 Å². The molecule has 0 N–H and O–H groups in total. The molecule has 0 aliphatic carbocycles. The summed E-state index contributed by atoms with van der Waals surface area (Å²) in [7, 11) is 0. The summed E-state index contributed by atoms with van der Waals surface area (Å²) in [6.45, 7) is 2.15. The summed E-state index contributed by atoms with van der Waals surface area (Å²) in [6, 6.07) is 18.8. The standard InChI is InChI=1S/C17H15NS/c1-13-7-5-6-10-15(13)11-17-18-16(12-19-17)14-8-3-2-4-9-14/h2-10,12H,11H2,1H3. The van der Waals surface area contributed by atoms with Crippen molar-refractivity contribution in [3.05, 3.63) is 76.1 Å². The van der Waals surface area contributed by atoms with Gasteiger partial charge in [0.2, 0.25) is 0 Å². The van der Waals surface area contributed by atoms with Gasteiger partial charge in [-0.2, -0.15) is 0 Å². The molecule has 0 radical (unpaired) electrons. The molecule has 0 amide bonds. The van der Waals surface area contributed by atoms with Crippen LogP contribution in [0.5, 0.6) is 0 Å². The molecule has 2 aromatic carbocycles. The Morgan fingerprint density at radius 3 is 2.47 bits per heavy atom. The molecule has 3 rings (SSSR count). The van der Waals surface area contributed by atoms with E-state index >= 15 is 0 Å². The van der Waals surface area contributed by atoms with Crippen LogP contribution >= 0.6 is 11.3 Å². The van der Waals surface area contributed by atoms with E-state index in [9.17, 15) is 0 Å². The zero-order valence-electron chi connectivity index (χ0n) is 10.8. The summed E-state index contributed by atoms with van der Waals surface area (Å²) in [5.41, 5.74) is 4.96. The molecular formula is C17H15NS. The first-order valence-electron chi connectivity index (χ1n) is 6.37. The lowest BCUT2D eigenvalue weighted by atomic mass is 10.1. The number of hydrogen-bond donors (Lipinski definition) is 0. The van der Waals surface area contributed by atoms with Gasteiger partial charge in [-0.05, 0) is 18.1 Å². The average molecular weight is 265 g/mol. The van der Waals surface area contributed by atoms with Gasteiger partial charge >= 0.3 is 0 Å². The molecule has 2 heteroatoms. The summed E-state index contributed by atoms with van der Waals surface area (Å²) in [4.78, 5) is 4.74. The number of thiazole rings is 1. The maximum atomic E-state index is 4.74. The van der Waals surface area contributed by atoms with Crippen LogP contribution in [0.4, 0.5) is 0 Å². The zero-order valence-corrected chi connectivity index (χ0v) is 11.7. The first kappa shape index (κ1) is 12.1. The zero-order chi connectivity index (χ0) is 13.1. The molecule has 94 valence electrons. The van der Waals surface area contributed by atoms with Crippen molar-refractivity contribution in [3.8, 4) is 11.3 Å². The lowest BCUT2D eigenvalue weighted by molar-refractivity contribution is 1.12. The Bertz CT molecular complexity index is 670. The summed E-state index contributed by atoms with van der Waals surface area (Å²) >= 11 is 1.74. The monoisotopic (exact) mass is 265 g/mol. The second-order valence-electron chi connectivity index (χ2n) is 4.60. The molecule has 0 fully saturated rings. The van der Waals surface area contributed by atoms with E-state index in [1.54, 1.807) is 11.3 Å². The molecular weight excluding hydrogens is 250 g/mol. The van der Waals surface area contributed by atoms with Crippen LogP contribution in [0.2, 0.25) is 0 Å². The van der Waals surface area contributed by atoms with Crippen LogP contribution in [0.1, 0.15) is 16.1 Å². The molecule has 0 aliphatic heterocycles. The lowest BCUT2D eigenvalue weighted by Gasteiger charge is -2.02. The van der Waals surface area contributed by atoms with Gasteiger partial charge in [-0.15, -0.1) is 11.3 Å². The molecule has 0 unspecified atom stereocenters. The van der Waals surface area contributed by atoms with E-state index in [0.717, 1.165) is 12.1 Å². The van der Waals surface area contributed by atoms with Crippen LogP contribution < -0.4 is 0 Å². The predicted octanol–water partition coefficient (Wildman–Crippen LogP) is 4.71. The highest BCUT2D eigenvalue weighted by molar-refractivity contribution is 7.10. The molecule has 0 spiro atoms. The van der Waals surface area contributed by atoms with Crippen LogP contribution in [0, 0.1) is 6.92 Å². The second-order valence-corrected chi connectivity index (χ2v) is 5.54. The molecule has 19 heavy (non-hydrogen) atoms. The van der Waals surface area contributed by atoms with E-state index in [-0.39, 0.29) is 0 Å². The molecule has 1 heterocycles. The minimum absolute atomic E-state index is 0.921. The first-order valence-corrected chi connectivity index (χ1v) is 7.25. The van der Waals surface area contributed by atoms with Crippen molar-refractivity contribution < 1.29 is 0 Å². The molecule has 1 nitrogen and oxygen atoms in total. The number of benzene rings is 2. The Hall–Kier alpha value is -1.93. The van der Waals surface area contributed by atoms with Crippen LogP contribution in [0.25, 0.3) is 11.3 Å². The van der Waals surface area contributed by atoms with Gasteiger partial charge in [-0.3, -0.25) is 0 Å². The molecule has 0 saturated heterocycles. The minimum atomic E-state index is 0.921. The highest BCUT2D eigenvalue weighted by atomic mass is 32.1. The molecule has 0 bridgehead atoms. The van der Waals surface area contributed by atoms with Crippen molar-refractivity contribution in [1.82, 2.24) is 4.98 Å². The summed E-state index contributed by atoms with van der Waals surface area (Å²) in [5, 5.41) is 3.32. The van der Waals surface area contributed by atoms with Crippen LogP contribution in [-0.4, -0.2) is 4.98 Å². The Morgan fingerprint density at radius 1 is 0.947 bits per heavy atom. The molecule has 0 saturated carbocycles. The smallest absolute Gasteiger partial charge is 0.0976 e. The quantitative estimate of drug-likeness (QED) is 0.668. The molecule has 0 aliphatic rings. The Balaban J connectivity index is 1.85. The average Bonchev–Trinajstić information content (AvgIpc) is 2.91. The van der Waals surface area contributed by atoms with Crippen molar-refractivity contribution in [3.63, 3.8) is 0 Å². The van der Waals surface area contributed by atoms with E-state index in [0.29, 0.717) is 0 Å². The van der Waals surface area contributed by atoms with Gasteiger partial charge < -0.3 is 0 Å². The highest BCUT2D eigenvalue weighted by Crippen LogP contribution is 2.23. The van der Waals surface area contributed by atoms with E-state index in [1.165, 1.54) is 21.7 Å². The van der Waals surface area contributed by atoms with Crippen molar-refractivity contribution in [1.29, 1.82) is 0 Å². The van der Waals surface area contributed by atoms with Gasteiger partial charge in [-0.25, -0.2) is 4.98 Å². The van der Waals surface area contributed by atoms with E-state index < -0.39 is 0 Å². The third-order valence-electron chi connectivity index (χ3n) is 3.22. The number of aryl methyl sites for hydroxylation is 1. The van der Waals surface area contributed by atoms with Crippen molar-refractivity contribution in [2.45, 2.75) is 13.3 Å². The van der Waals surface area contributed by atoms with E-state index in [1.807, 2.05) is 6.07 Å². The van der Waals surface area contributed by atoms with Crippen LogP contribution in [-0.2, 0) is 6.42 Å². The lowest BCUT2D eigenvalue weighted by Crippen LogP contribution is -1.90. The van der Waals surface area contributed by atoms with Crippen molar-refractivity contribution >= 4 is 11.3 Å². The third kappa shape index (κ3) is 2.74. The van der Waals surface area contributed by atoms with Gasteiger partial charge in [0.1, 0.15) is 0 Å². The van der Waals surface area contributed by atoms with E-state index in [2.05, 4.69) is 60.8 Å². The van der Waals surface area contributed by atoms with Crippen LogP contribution in [0.15, 0.2) is 60.0 Å². The van der Waals surface area contributed by atoms with Crippen molar-refractivity contribution in [2.24, 2.45) is 0 Å². The van der Waals surface area contributed by atoms with Gasteiger partial charge in [-0.1, -0.05) is 54.6 Å². The number of hydrogen-bond acceptors (Lipinski definition) is 2. The SMILES string of the molecule is Cc1ccccc1Cc1nc(-c2ccccc2)cs1. The van der Waals surface area contributed by atoms with Gasteiger partial charge in [0.25, 0.3) is 0 Å². The topological polar surface area (TPSA) is 12.9 Å². The summed E-state index contributed by atoms with van der Waals surface area (Å²) in [5.74, 6) is 0. The van der Waals surface area contributed by atoms with Crippen molar-refractivity contribution in [2.75, 3.05) is 0 Å². The Kier molecular flexibility index (Phi) is 3.43. The second kappa shape index (κ2) is 5.37. The Morgan fingerprint density at radius 2 is 1.68 bits per heavy atom. The normalized spacial score (nSPS) is 10.6.